The molecule has 0 saturated carbocycles. The van der Waals surface area contributed by atoms with Crippen molar-refractivity contribution < 1.29 is 4.74 Å². The van der Waals surface area contributed by atoms with Crippen molar-refractivity contribution in [1.82, 2.24) is 10.2 Å². The lowest BCUT2D eigenvalue weighted by atomic mass is 10.2. The molecule has 0 bridgehead atoms. The Kier molecular flexibility index (Phi) is 3.68. The average Bonchev–Trinajstić information content (AvgIpc) is 2.92. The second-order valence-electron chi connectivity index (χ2n) is 4.29. The molecule has 1 aromatic heterocycles. The van der Waals surface area contributed by atoms with E-state index in [9.17, 15) is 0 Å². The maximum absolute atomic E-state index is 6.05. The maximum atomic E-state index is 6.05. The lowest BCUT2D eigenvalue weighted by Gasteiger charge is -2.09. The van der Waals surface area contributed by atoms with Gasteiger partial charge in [-0.1, -0.05) is 35.9 Å². The molecule has 18 heavy (non-hydrogen) atoms. The van der Waals surface area contributed by atoms with Gasteiger partial charge in [-0.3, -0.25) is 0 Å². The molecule has 0 radical (unpaired) electrons. The van der Waals surface area contributed by atoms with Gasteiger partial charge in [-0.25, -0.2) is 0 Å². The van der Waals surface area contributed by atoms with Crippen LogP contribution in [0.15, 0.2) is 29.3 Å². The molecule has 3 nitrogen and oxygen atoms in total. The highest BCUT2D eigenvalue weighted by atomic mass is 35.5. The number of nitrogens with zero attached hydrogens (tertiary/aromatic N) is 2. The van der Waals surface area contributed by atoms with Crippen LogP contribution in [0.5, 0.6) is 0 Å². The predicted molar refractivity (Wildman–Crippen MR) is 74.2 cm³/mol. The van der Waals surface area contributed by atoms with E-state index in [1.165, 1.54) is 0 Å². The summed E-state index contributed by atoms with van der Waals surface area (Å²) in [4.78, 5) is 0. The summed E-state index contributed by atoms with van der Waals surface area (Å²) < 4.78 is 5.62. The molecule has 94 valence electrons. The number of aromatic nitrogens is 2. The fourth-order valence-electron chi connectivity index (χ4n) is 2.10. The normalized spacial score (nSPS) is 19.5. The Morgan fingerprint density at radius 3 is 2.89 bits per heavy atom. The molecule has 1 aliphatic rings. The van der Waals surface area contributed by atoms with Gasteiger partial charge in [0.1, 0.15) is 5.03 Å². The fraction of sp³-hybridized carbons (Fsp3) is 0.385. The van der Waals surface area contributed by atoms with Crippen molar-refractivity contribution in [3.05, 3.63) is 29.4 Å². The molecule has 1 unspecified atom stereocenters. The Balaban J connectivity index is 1.85. The molecule has 0 aliphatic carbocycles. The predicted octanol–water partition coefficient (Wildman–Crippen LogP) is 3.55. The number of thioether (sulfide) groups is 1. The van der Waals surface area contributed by atoms with Gasteiger partial charge < -0.3 is 4.74 Å². The second kappa shape index (κ2) is 5.43. The highest BCUT2D eigenvalue weighted by molar-refractivity contribution is 7.99. The van der Waals surface area contributed by atoms with Gasteiger partial charge in [-0.2, -0.15) is 0 Å². The number of benzene rings is 1. The number of hydrogen-bond donors (Lipinski definition) is 0. The van der Waals surface area contributed by atoms with Crippen LogP contribution in [0.25, 0.3) is 10.8 Å². The summed E-state index contributed by atoms with van der Waals surface area (Å²) in [5.41, 5.74) is 0. The summed E-state index contributed by atoms with van der Waals surface area (Å²) in [6.07, 6.45) is 2.66. The molecule has 1 saturated heterocycles. The fourth-order valence-corrected chi connectivity index (χ4v) is 3.34. The van der Waals surface area contributed by atoms with Crippen LogP contribution in [-0.2, 0) is 4.74 Å². The van der Waals surface area contributed by atoms with Crippen LogP contribution in [0.4, 0.5) is 0 Å². The van der Waals surface area contributed by atoms with Crippen LogP contribution in [0.2, 0.25) is 5.15 Å². The molecule has 0 N–H and O–H groups in total. The van der Waals surface area contributed by atoms with Gasteiger partial charge in [0.15, 0.2) is 5.15 Å². The van der Waals surface area contributed by atoms with E-state index in [1.807, 2.05) is 24.3 Å². The average molecular weight is 281 g/mol. The van der Waals surface area contributed by atoms with Gasteiger partial charge in [0.2, 0.25) is 0 Å². The maximum Gasteiger partial charge on any atom is 0.159 e. The van der Waals surface area contributed by atoms with E-state index in [-0.39, 0.29) is 0 Å². The summed E-state index contributed by atoms with van der Waals surface area (Å²) in [5, 5.41) is 11.6. The first-order valence-electron chi connectivity index (χ1n) is 6.00. The molecule has 1 aliphatic heterocycles. The van der Waals surface area contributed by atoms with Gasteiger partial charge in [0, 0.05) is 23.1 Å². The van der Waals surface area contributed by atoms with Gasteiger partial charge in [-0.05, 0) is 12.8 Å². The first kappa shape index (κ1) is 12.2. The Hall–Kier alpha value is -0.840. The molecule has 3 rings (SSSR count). The van der Waals surface area contributed by atoms with E-state index >= 15 is 0 Å². The first-order valence-corrected chi connectivity index (χ1v) is 7.36. The minimum absolute atomic E-state index is 0.353. The molecular weight excluding hydrogens is 268 g/mol. The SMILES string of the molecule is Clc1nnc(SCC2CCCO2)c2ccccc12. The third-order valence-electron chi connectivity index (χ3n) is 3.04. The van der Waals surface area contributed by atoms with Crippen LogP contribution < -0.4 is 0 Å². The van der Waals surface area contributed by atoms with E-state index in [0.29, 0.717) is 11.3 Å². The Morgan fingerprint density at radius 1 is 1.28 bits per heavy atom. The third-order valence-corrected chi connectivity index (χ3v) is 4.43. The standard InChI is InChI=1S/C13H13ClN2OS/c14-12-10-5-1-2-6-11(10)13(16-15-12)18-8-9-4-3-7-17-9/h1-2,5-6,9H,3-4,7-8H2. The van der Waals surface area contributed by atoms with Crippen molar-refractivity contribution in [3.8, 4) is 0 Å². The van der Waals surface area contributed by atoms with Gasteiger partial charge in [0.25, 0.3) is 0 Å². The number of fused-ring (bicyclic) bond motifs is 1. The molecule has 1 aromatic carbocycles. The number of hydrogen-bond acceptors (Lipinski definition) is 4. The summed E-state index contributed by atoms with van der Waals surface area (Å²) in [6, 6.07) is 7.97. The van der Waals surface area contributed by atoms with E-state index < -0.39 is 0 Å². The minimum Gasteiger partial charge on any atom is -0.377 e. The van der Waals surface area contributed by atoms with Gasteiger partial charge >= 0.3 is 0 Å². The Bertz CT molecular complexity index is 558. The third kappa shape index (κ3) is 2.46. The number of rotatable bonds is 3. The van der Waals surface area contributed by atoms with Gasteiger partial charge in [-0.15, -0.1) is 22.0 Å². The first-order chi connectivity index (χ1) is 8.84. The Labute approximate surface area is 115 Å². The summed E-state index contributed by atoms with van der Waals surface area (Å²) in [5.74, 6) is 0.931. The van der Waals surface area contributed by atoms with E-state index in [0.717, 1.165) is 41.0 Å². The van der Waals surface area contributed by atoms with Crippen molar-refractivity contribution >= 4 is 34.1 Å². The Morgan fingerprint density at radius 2 is 2.11 bits per heavy atom. The summed E-state index contributed by atoms with van der Waals surface area (Å²) >= 11 is 7.75. The molecule has 1 atom stereocenters. The van der Waals surface area contributed by atoms with E-state index in [1.54, 1.807) is 11.8 Å². The second-order valence-corrected chi connectivity index (χ2v) is 5.65. The van der Waals surface area contributed by atoms with Crippen LogP contribution in [0, 0.1) is 0 Å². The van der Waals surface area contributed by atoms with Crippen LogP contribution >= 0.6 is 23.4 Å². The molecule has 1 fully saturated rings. The quantitative estimate of drug-likeness (QED) is 0.806. The van der Waals surface area contributed by atoms with Crippen molar-refractivity contribution in [1.29, 1.82) is 0 Å². The zero-order valence-corrected chi connectivity index (χ0v) is 11.4. The zero-order valence-electron chi connectivity index (χ0n) is 9.80. The summed E-state index contributed by atoms with van der Waals surface area (Å²) in [6.45, 7) is 0.887. The smallest absolute Gasteiger partial charge is 0.159 e. The van der Waals surface area contributed by atoms with Crippen LogP contribution in [-0.4, -0.2) is 28.7 Å². The summed E-state index contributed by atoms with van der Waals surface area (Å²) in [7, 11) is 0. The molecule has 0 spiro atoms. The molecule has 2 aromatic rings. The largest absolute Gasteiger partial charge is 0.377 e. The topological polar surface area (TPSA) is 35.0 Å². The van der Waals surface area contributed by atoms with Crippen LogP contribution in [0.3, 0.4) is 0 Å². The lowest BCUT2D eigenvalue weighted by molar-refractivity contribution is 0.129. The van der Waals surface area contributed by atoms with Gasteiger partial charge in [0.05, 0.1) is 6.10 Å². The molecule has 5 heteroatoms. The van der Waals surface area contributed by atoms with Crippen LogP contribution in [0.1, 0.15) is 12.8 Å². The highest BCUT2D eigenvalue weighted by Crippen LogP contribution is 2.30. The molecule has 2 heterocycles. The number of ether oxygens (including phenoxy) is 1. The number of halogens is 1. The van der Waals surface area contributed by atoms with Crippen molar-refractivity contribution in [2.75, 3.05) is 12.4 Å². The lowest BCUT2D eigenvalue weighted by Crippen LogP contribution is -2.08. The van der Waals surface area contributed by atoms with Crippen molar-refractivity contribution in [2.24, 2.45) is 0 Å². The zero-order chi connectivity index (χ0) is 12.4. The van der Waals surface area contributed by atoms with Crippen molar-refractivity contribution in [3.63, 3.8) is 0 Å². The van der Waals surface area contributed by atoms with Crippen molar-refractivity contribution in [2.45, 2.75) is 24.0 Å². The monoisotopic (exact) mass is 280 g/mol. The molecular formula is C13H13ClN2OS. The van der Waals surface area contributed by atoms with E-state index in [2.05, 4.69) is 10.2 Å². The minimum atomic E-state index is 0.353. The highest BCUT2D eigenvalue weighted by Gasteiger charge is 2.17. The molecule has 0 amide bonds. The van der Waals surface area contributed by atoms with E-state index in [4.69, 9.17) is 16.3 Å².